The van der Waals surface area contributed by atoms with Gasteiger partial charge in [-0.15, -0.1) is 0 Å². The highest BCUT2D eigenvalue weighted by molar-refractivity contribution is 5.93. The summed E-state index contributed by atoms with van der Waals surface area (Å²) in [6.07, 6.45) is 9.72. The molecule has 0 N–H and O–H groups in total. The summed E-state index contributed by atoms with van der Waals surface area (Å²) in [5, 5.41) is 0. The predicted molar refractivity (Wildman–Crippen MR) is 103 cm³/mol. The molecule has 136 valence electrons. The van der Waals surface area contributed by atoms with Crippen molar-refractivity contribution in [2.24, 2.45) is 11.3 Å². The Morgan fingerprint density at radius 1 is 1.24 bits per heavy atom. The number of rotatable bonds is 7. The molecule has 0 radical (unpaired) electrons. The van der Waals surface area contributed by atoms with Gasteiger partial charge < -0.3 is 9.47 Å². The third-order valence-electron chi connectivity index (χ3n) is 5.30. The molecule has 0 fully saturated rings. The van der Waals surface area contributed by atoms with Gasteiger partial charge in [-0.3, -0.25) is 4.79 Å². The SMILES string of the molecule is COc1ccc(/C=C/C(=O)CCC2C(C)=CCCC2(C)C)cc1OC. The van der Waals surface area contributed by atoms with Crippen LogP contribution < -0.4 is 9.47 Å². The first-order valence-corrected chi connectivity index (χ1v) is 8.97. The summed E-state index contributed by atoms with van der Waals surface area (Å²) in [5.74, 6) is 2.03. The van der Waals surface area contributed by atoms with Crippen LogP contribution in [0.15, 0.2) is 35.9 Å². The molecule has 2 rings (SSSR count). The van der Waals surface area contributed by atoms with Crippen molar-refractivity contribution in [1.82, 2.24) is 0 Å². The molecule has 0 spiro atoms. The van der Waals surface area contributed by atoms with Gasteiger partial charge in [0.2, 0.25) is 0 Å². The van der Waals surface area contributed by atoms with Crippen LogP contribution in [0.25, 0.3) is 6.08 Å². The maximum Gasteiger partial charge on any atom is 0.161 e. The van der Waals surface area contributed by atoms with E-state index in [4.69, 9.17) is 9.47 Å². The zero-order valence-corrected chi connectivity index (χ0v) is 16.1. The van der Waals surface area contributed by atoms with Crippen LogP contribution in [0.1, 0.15) is 52.0 Å². The molecular formula is C22H30O3. The molecule has 0 aromatic heterocycles. The first-order valence-electron chi connectivity index (χ1n) is 8.97. The van der Waals surface area contributed by atoms with Gasteiger partial charge in [-0.05, 0) is 61.3 Å². The molecule has 1 aromatic rings. The minimum Gasteiger partial charge on any atom is -0.493 e. The second kappa shape index (κ2) is 8.37. The number of methoxy groups -OCH3 is 2. The highest BCUT2D eigenvalue weighted by atomic mass is 16.5. The van der Waals surface area contributed by atoms with Crippen molar-refractivity contribution in [3.8, 4) is 11.5 Å². The van der Waals surface area contributed by atoms with Crippen molar-refractivity contribution in [2.45, 2.75) is 46.5 Å². The maximum absolute atomic E-state index is 12.3. The van der Waals surface area contributed by atoms with Gasteiger partial charge in [0.25, 0.3) is 0 Å². The third kappa shape index (κ3) is 4.97. The van der Waals surface area contributed by atoms with Crippen LogP contribution in [0.4, 0.5) is 0 Å². The molecule has 0 aliphatic heterocycles. The van der Waals surface area contributed by atoms with Gasteiger partial charge in [0.05, 0.1) is 14.2 Å². The first-order chi connectivity index (χ1) is 11.9. The Hall–Kier alpha value is -2.03. The number of benzene rings is 1. The molecule has 3 heteroatoms. The molecule has 25 heavy (non-hydrogen) atoms. The summed E-state index contributed by atoms with van der Waals surface area (Å²) < 4.78 is 10.5. The fourth-order valence-electron chi connectivity index (χ4n) is 3.74. The van der Waals surface area contributed by atoms with E-state index >= 15 is 0 Å². The Bertz CT molecular complexity index is 668. The molecule has 3 nitrogen and oxygen atoms in total. The maximum atomic E-state index is 12.3. The summed E-state index contributed by atoms with van der Waals surface area (Å²) in [4.78, 5) is 12.3. The second-order valence-electron chi connectivity index (χ2n) is 7.48. The largest absolute Gasteiger partial charge is 0.493 e. The van der Waals surface area contributed by atoms with Gasteiger partial charge in [0.15, 0.2) is 17.3 Å². The smallest absolute Gasteiger partial charge is 0.161 e. The zero-order chi connectivity index (χ0) is 18.4. The number of carbonyl (C=O) groups excluding carboxylic acids is 1. The minimum atomic E-state index is 0.170. The fourth-order valence-corrected chi connectivity index (χ4v) is 3.74. The van der Waals surface area contributed by atoms with Gasteiger partial charge in [-0.2, -0.15) is 0 Å². The Morgan fingerprint density at radius 2 is 1.96 bits per heavy atom. The van der Waals surface area contributed by atoms with Crippen molar-refractivity contribution >= 4 is 11.9 Å². The quantitative estimate of drug-likeness (QED) is 0.488. The lowest BCUT2D eigenvalue weighted by atomic mass is 9.67. The average Bonchev–Trinajstić information content (AvgIpc) is 2.58. The lowest BCUT2D eigenvalue weighted by Crippen LogP contribution is -2.28. The van der Waals surface area contributed by atoms with Crippen LogP contribution in [-0.2, 0) is 4.79 Å². The molecule has 0 saturated carbocycles. The summed E-state index contributed by atoms with van der Waals surface area (Å²) in [5.41, 5.74) is 2.65. The number of allylic oxidation sites excluding steroid dienone is 3. The lowest BCUT2D eigenvalue weighted by molar-refractivity contribution is -0.114. The Labute approximate surface area is 151 Å². The first kappa shape index (κ1) is 19.3. The Balaban J connectivity index is 1.97. The molecule has 1 aromatic carbocycles. The highest BCUT2D eigenvalue weighted by Gasteiger charge is 2.32. The molecule has 1 aliphatic rings. The monoisotopic (exact) mass is 342 g/mol. The summed E-state index contributed by atoms with van der Waals surface area (Å²) in [6, 6.07) is 5.64. The second-order valence-corrected chi connectivity index (χ2v) is 7.48. The fraction of sp³-hybridized carbons (Fsp3) is 0.500. The lowest BCUT2D eigenvalue weighted by Gasteiger charge is -2.38. The van der Waals surface area contributed by atoms with Crippen LogP contribution in [-0.4, -0.2) is 20.0 Å². The molecule has 0 bridgehead atoms. The van der Waals surface area contributed by atoms with Gasteiger partial charge in [-0.25, -0.2) is 0 Å². The predicted octanol–water partition coefficient (Wildman–Crippen LogP) is 5.45. The normalized spacial score (nSPS) is 19.6. The van der Waals surface area contributed by atoms with E-state index in [0.717, 1.165) is 18.4 Å². The summed E-state index contributed by atoms with van der Waals surface area (Å²) in [7, 11) is 3.22. The standard InChI is InChI=1S/C22H30O3/c1-16-7-6-14-22(2,3)19(16)12-11-18(23)10-8-17-9-13-20(24-4)21(15-17)25-5/h7-10,13,15,19H,6,11-12,14H2,1-5H3/b10-8+. The summed E-state index contributed by atoms with van der Waals surface area (Å²) >= 11 is 0. The molecule has 0 saturated heterocycles. The van der Waals surface area contributed by atoms with E-state index in [1.807, 2.05) is 24.3 Å². The minimum absolute atomic E-state index is 0.170. The van der Waals surface area contributed by atoms with Crippen LogP contribution in [0.2, 0.25) is 0 Å². The molecule has 0 amide bonds. The molecular weight excluding hydrogens is 312 g/mol. The van der Waals surface area contributed by atoms with Gasteiger partial charge in [0, 0.05) is 6.42 Å². The van der Waals surface area contributed by atoms with E-state index in [9.17, 15) is 4.79 Å². The Morgan fingerprint density at radius 3 is 2.60 bits per heavy atom. The molecule has 1 aliphatic carbocycles. The molecule has 1 atom stereocenters. The van der Waals surface area contributed by atoms with Crippen LogP contribution >= 0.6 is 0 Å². The van der Waals surface area contributed by atoms with Gasteiger partial charge in [-0.1, -0.05) is 37.6 Å². The van der Waals surface area contributed by atoms with E-state index in [1.165, 1.54) is 12.0 Å². The molecule has 1 unspecified atom stereocenters. The van der Waals surface area contributed by atoms with Crippen LogP contribution in [0, 0.1) is 11.3 Å². The van der Waals surface area contributed by atoms with E-state index in [-0.39, 0.29) is 11.2 Å². The average molecular weight is 342 g/mol. The van der Waals surface area contributed by atoms with Gasteiger partial charge >= 0.3 is 0 Å². The molecule has 0 heterocycles. The number of carbonyl (C=O) groups is 1. The number of ketones is 1. The van der Waals surface area contributed by atoms with Crippen LogP contribution in [0.5, 0.6) is 11.5 Å². The van der Waals surface area contributed by atoms with Crippen molar-refractivity contribution in [1.29, 1.82) is 0 Å². The zero-order valence-electron chi connectivity index (χ0n) is 16.1. The Kier molecular flexibility index (Phi) is 6.46. The van der Waals surface area contributed by atoms with Crippen molar-refractivity contribution < 1.29 is 14.3 Å². The van der Waals surface area contributed by atoms with Crippen molar-refractivity contribution in [2.75, 3.05) is 14.2 Å². The number of ether oxygens (including phenoxy) is 2. The van der Waals surface area contributed by atoms with Crippen molar-refractivity contribution in [3.05, 3.63) is 41.5 Å². The summed E-state index contributed by atoms with van der Waals surface area (Å²) in [6.45, 7) is 6.84. The van der Waals surface area contributed by atoms with E-state index in [0.29, 0.717) is 23.8 Å². The topological polar surface area (TPSA) is 35.5 Å². The van der Waals surface area contributed by atoms with Crippen LogP contribution in [0.3, 0.4) is 0 Å². The number of hydrogen-bond acceptors (Lipinski definition) is 3. The van der Waals surface area contributed by atoms with Crippen molar-refractivity contribution in [3.63, 3.8) is 0 Å². The highest BCUT2D eigenvalue weighted by Crippen LogP contribution is 2.43. The van der Waals surface area contributed by atoms with E-state index in [1.54, 1.807) is 20.3 Å². The van der Waals surface area contributed by atoms with E-state index in [2.05, 4.69) is 26.8 Å². The third-order valence-corrected chi connectivity index (χ3v) is 5.30. The number of hydrogen-bond donors (Lipinski definition) is 0. The van der Waals surface area contributed by atoms with E-state index < -0.39 is 0 Å². The van der Waals surface area contributed by atoms with Gasteiger partial charge in [0.1, 0.15) is 0 Å².